The third kappa shape index (κ3) is 4.99. The van der Waals surface area contributed by atoms with Crippen molar-refractivity contribution in [1.29, 1.82) is 0 Å². The van der Waals surface area contributed by atoms with Crippen LogP contribution in [0.4, 0.5) is 5.69 Å². The van der Waals surface area contributed by atoms with Crippen molar-refractivity contribution in [2.24, 2.45) is 0 Å². The van der Waals surface area contributed by atoms with Crippen molar-refractivity contribution in [3.8, 4) is 0 Å². The van der Waals surface area contributed by atoms with Crippen molar-refractivity contribution in [2.45, 2.75) is 6.42 Å². The van der Waals surface area contributed by atoms with E-state index in [4.69, 9.17) is 16.3 Å². The van der Waals surface area contributed by atoms with Crippen molar-refractivity contribution in [3.63, 3.8) is 0 Å². The molecule has 0 aliphatic heterocycles. The standard InChI is InChI=1S/C13H15ClN2O4/c1-2-3-7-20-8-6-15-13(17)10-4-5-12(16(18)19)11(14)9-10/h2,4-5,9H,1,3,6-8H2,(H,15,17). The monoisotopic (exact) mass is 298 g/mol. The van der Waals surface area contributed by atoms with Crippen LogP contribution in [-0.4, -0.2) is 30.6 Å². The summed E-state index contributed by atoms with van der Waals surface area (Å²) >= 11 is 5.73. The molecule has 0 heterocycles. The summed E-state index contributed by atoms with van der Waals surface area (Å²) in [6.45, 7) is 4.86. The van der Waals surface area contributed by atoms with Gasteiger partial charge in [-0.1, -0.05) is 17.7 Å². The molecule has 0 aromatic heterocycles. The van der Waals surface area contributed by atoms with Gasteiger partial charge in [0.25, 0.3) is 11.6 Å². The molecule has 0 aliphatic carbocycles. The van der Waals surface area contributed by atoms with Gasteiger partial charge in [-0.2, -0.15) is 0 Å². The van der Waals surface area contributed by atoms with E-state index in [2.05, 4.69) is 11.9 Å². The van der Waals surface area contributed by atoms with Crippen LogP contribution < -0.4 is 5.32 Å². The Labute approximate surface area is 121 Å². The first kappa shape index (κ1) is 16.1. The van der Waals surface area contributed by atoms with Crippen LogP contribution in [0.5, 0.6) is 0 Å². The number of hydrogen-bond acceptors (Lipinski definition) is 4. The molecule has 1 aromatic carbocycles. The molecule has 7 heteroatoms. The third-order valence-electron chi connectivity index (χ3n) is 2.40. The zero-order chi connectivity index (χ0) is 15.0. The summed E-state index contributed by atoms with van der Waals surface area (Å²) in [5.41, 5.74) is 0.0441. The van der Waals surface area contributed by atoms with E-state index in [1.807, 2.05) is 0 Å². The lowest BCUT2D eigenvalue weighted by Crippen LogP contribution is -2.27. The van der Waals surface area contributed by atoms with Crippen LogP contribution in [0.1, 0.15) is 16.8 Å². The zero-order valence-corrected chi connectivity index (χ0v) is 11.6. The molecular weight excluding hydrogens is 284 g/mol. The van der Waals surface area contributed by atoms with Crippen LogP contribution in [0.3, 0.4) is 0 Å². The van der Waals surface area contributed by atoms with Gasteiger partial charge in [-0.05, 0) is 18.6 Å². The number of amides is 1. The Bertz CT molecular complexity index is 505. The number of nitro benzene ring substituents is 1. The molecule has 6 nitrogen and oxygen atoms in total. The first-order chi connectivity index (χ1) is 9.56. The highest BCUT2D eigenvalue weighted by molar-refractivity contribution is 6.33. The summed E-state index contributed by atoms with van der Waals surface area (Å²) < 4.78 is 5.23. The van der Waals surface area contributed by atoms with Crippen LogP contribution in [-0.2, 0) is 4.74 Å². The summed E-state index contributed by atoms with van der Waals surface area (Å²) in [7, 11) is 0. The summed E-state index contributed by atoms with van der Waals surface area (Å²) in [5, 5.41) is 13.2. The van der Waals surface area contributed by atoms with Gasteiger partial charge >= 0.3 is 0 Å². The minimum atomic E-state index is -0.600. The number of hydrogen-bond donors (Lipinski definition) is 1. The van der Waals surface area contributed by atoms with Gasteiger partial charge in [0, 0.05) is 18.2 Å². The molecule has 0 aliphatic rings. The van der Waals surface area contributed by atoms with Gasteiger partial charge in [-0.3, -0.25) is 14.9 Å². The first-order valence-electron chi connectivity index (χ1n) is 5.97. The molecule has 0 unspecified atom stereocenters. The van der Waals surface area contributed by atoms with Crippen LogP contribution in [0, 0.1) is 10.1 Å². The molecule has 1 rings (SSSR count). The van der Waals surface area contributed by atoms with Crippen LogP contribution >= 0.6 is 11.6 Å². The van der Waals surface area contributed by atoms with Crippen molar-refractivity contribution < 1.29 is 14.5 Å². The maximum absolute atomic E-state index is 11.8. The van der Waals surface area contributed by atoms with Gasteiger partial charge in [0.05, 0.1) is 18.1 Å². The van der Waals surface area contributed by atoms with Gasteiger partial charge in [-0.25, -0.2) is 0 Å². The Kier molecular flexibility index (Phi) is 6.69. The number of carbonyl (C=O) groups excluding carboxylic acids is 1. The average Bonchev–Trinajstić information content (AvgIpc) is 2.41. The van der Waals surface area contributed by atoms with Crippen LogP contribution in [0.15, 0.2) is 30.9 Å². The number of rotatable bonds is 8. The number of ether oxygens (including phenoxy) is 1. The van der Waals surface area contributed by atoms with E-state index in [0.717, 1.165) is 6.42 Å². The Morgan fingerprint density at radius 3 is 2.85 bits per heavy atom. The minimum Gasteiger partial charge on any atom is -0.379 e. The SMILES string of the molecule is C=CCCOCCNC(=O)c1ccc([N+](=O)[O-])c(Cl)c1. The number of nitro groups is 1. The lowest BCUT2D eigenvalue weighted by molar-refractivity contribution is -0.384. The van der Waals surface area contributed by atoms with Gasteiger partial charge < -0.3 is 10.1 Å². The molecule has 1 N–H and O–H groups in total. The molecule has 0 saturated heterocycles. The topological polar surface area (TPSA) is 81.5 Å². The lowest BCUT2D eigenvalue weighted by Gasteiger charge is -2.06. The third-order valence-corrected chi connectivity index (χ3v) is 2.71. The van der Waals surface area contributed by atoms with Crippen LogP contribution in [0.25, 0.3) is 0 Å². The molecule has 0 radical (unpaired) electrons. The predicted octanol–water partition coefficient (Wildman–Crippen LogP) is 2.57. The maximum Gasteiger partial charge on any atom is 0.287 e. The van der Waals surface area contributed by atoms with Gasteiger partial charge in [0.1, 0.15) is 5.02 Å². The molecule has 0 fully saturated rings. The quantitative estimate of drug-likeness (QED) is 0.346. The summed E-state index contributed by atoms with van der Waals surface area (Å²) in [5.74, 6) is -0.353. The second-order valence-electron chi connectivity index (χ2n) is 3.87. The minimum absolute atomic E-state index is 0.0649. The Morgan fingerprint density at radius 2 is 2.25 bits per heavy atom. The highest BCUT2D eigenvalue weighted by atomic mass is 35.5. The molecule has 1 aromatic rings. The van der Waals surface area contributed by atoms with E-state index in [9.17, 15) is 14.9 Å². The van der Waals surface area contributed by atoms with Crippen molar-refractivity contribution in [3.05, 3.63) is 51.6 Å². The van der Waals surface area contributed by atoms with Gasteiger partial charge in [0.15, 0.2) is 0 Å². The fourth-order valence-electron chi connectivity index (χ4n) is 1.40. The van der Waals surface area contributed by atoms with E-state index in [-0.39, 0.29) is 22.2 Å². The van der Waals surface area contributed by atoms with E-state index in [0.29, 0.717) is 19.8 Å². The fraction of sp³-hybridized carbons (Fsp3) is 0.308. The fourth-order valence-corrected chi connectivity index (χ4v) is 1.65. The maximum atomic E-state index is 11.8. The Balaban J connectivity index is 2.46. The van der Waals surface area contributed by atoms with E-state index >= 15 is 0 Å². The molecule has 0 saturated carbocycles. The second-order valence-corrected chi connectivity index (χ2v) is 4.28. The number of nitrogens with one attached hydrogen (secondary N) is 1. The zero-order valence-electron chi connectivity index (χ0n) is 10.8. The highest BCUT2D eigenvalue weighted by Gasteiger charge is 2.14. The van der Waals surface area contributed by atoms with Crippen molar-refractivity contribution >= 4 is 23.2 Å². The molecule has 20 heavy (non-hydrogen) atoms. The second kappa shape index (κ2) is 8.29. The van der Waals surface area contributed by atoms with Gasteiger partial charge in [0.2, 0.25) is 0 Å². The summed E-state index contributed by atoms with van der Waals surface area (Å²) in [6, 6.07) is 3.84. The van der Waals surface area contributed by atoms with Crippen LogP contribution in [0.2, 0.25) is 5.02 Å². The molecule has 0 atom stereocenters. The summed E-state index contributed by atoms with van der Waals surface area (Å²) in [4.78, 5) is 21.8. The summed E-state index contributed by atoms with van der Waals surface area (Å²) in [6.07, 6.45) is 2.50. The van der Waals surface area contributed by atoms with E-state index in [1.54, 1.807) is 6.08 Å². The molecule has 1 amide bonds. The molecule has 0 bridgehead atoms. The lowest BCUT2D eigenvalue weighted by atomic mass is 10.2. The number of benzene rings is 1. The van der Waals surface area contributed by atoms with Gasteiger partial charge in [-0.15, -0.1) is 6.58 Å². The number of nitrogens with zero attached hydrogens (tertiary/aromatic N) is 1. The number of carbonyl (C=O) groups is 1. The van der Waals surface area contributed by atoms with Crippen molar-refractivity contribution in [1.82, 2.24) is 5.32 Å². The highest BCUT2D eigenvalue weighted by Crippen LogP contribution is 2.24. The average molecular weight is 299 g/mol. The number of halogens is 1. The predicted molar refractivity (Wildman–Crippen MR) is 76.1 cm³/mol. The van der Waals surface area contributed by atoms with E-state index < -0.39 is 4.92 Å². The van der Waals surface area contributed by atoms with Crippen molar-refractivity contribution in [2.75, 3.05) is 19.8 Å². The van der Waals surface area contributed by atoms with E-state index in [1.165, 1.54) is 18.2 Å². The normalized spacial score (nSPS) is 10.1. The Hall–Kier alpha value is -1.92. The molecule has 0 spiro atoms. The molecule has 108 valence electrons. The smallest absolute Gasteiger partial charge is 0.287 e. The largest absolute Gasteiger partial charge is 0.379 e. The first-order valence-corrected chi connectivity index (χ1v) is 6.35. The Morgan fingerprint density at radius 1 is 1.50 bits per heavy atom. The molecular formula is C13H15ClN2O4.